The summed E-state index contributed by atoms with van der Waals surface area (Å²) in [6, 6.07) is 10.2. The monoisotopic (exact) mass is 327 g/mol. The highest BCUT2D eigenvalue weighted by Crippen LogP contribution is 2.31. The Labute approximate surface area is 136 Å². The van der Waals surface area contributed by atoms with Crippen molar-refractivity contribution in [2.24, 2.45) is 5.84 Å². The van der Waals surface area contributed by atoms with E-state index in [-0.39, 0.29) is 11.5 Å². The quantitative estimate of drug-likeness (QED) is 0.448. The Hall–Kier alpha value is -2.84. The summed E-state index contributed by atoms with van der Waals surface area (Å²) in [5, 5.41) is 15.2. The third kappa shape index (κ3) is 3.03. The summed E-state index contributed by atoms with van der Waals surface area (Å²) in [5.74, 6) is 6.14. The van der Waals surface area contributed by atoms with Crippen molar-refractivity contribution in [2.45, 2.75) is 6.92 Å². The van der Waals surface area contributed by atoms with Crippen molar-refractivity contribution < 1.29 is 4.92 Å². The van der Waals surface area contributed by atoms with Crippen LogP contribution in [-0.2, 0) is 0 Å². The number of aromatic nitrogens is 2. The Kier molecular flexibility index (Phi) is 4.00. The Morgan fingerprint density at radius 2 is 2.13 bits per heavy atom. The predicted molar refractivity (Wildman–Crippen MR) is 89.5 cm³/mol. The van der Waals surface area contributed by atoms with Crippen molar-refractivity contribution >= 4 is 28.5 Å². The zero-order valence-corrected chi connectivity index (χ0v) is 13.0. The second-order valence-electron chi connectivity index (χ2n) is 4.82. The molecule has 2 N–H and O–H groups in total. The van der Waals surface area contributed by atoms with Crippen LogP contribution in [0.15, 0.2) is 48.0 Å². The van der Waals surface area contributed by atoms with E-state index in [4.69, 9.17) is 5.84 Å². The van der Waals surface area contributed by atoms with Gasteiger partial charge in [-0.15, -0.1) is 11.3 Å². The number of nitrogens with two attached hydrogens (primary N) is 1. The lowest BCUT2D eigenvalue weighted by Gasteiger charge is -2.17. The minimum absolute atomic E-state index is 0.0879. The number of nitro groups is 1. The molecule has 3 rings (SSSR count). The number of thiazole rings is 1. The summed E-state index contributed by atoms with van der Waals surface area (Å²) in [7, 11) is 0. The fourth-order valence-electron chi connectivity index (χ4n) is 2.11. The van der Waals surface area contributed by atoms with Gasteiger partial charge in [-0.2, -0.15) is 0 Å². The lowest BCUT2D eigenvalue weighted by Crippen LogP contribution is -2.26. The molecule has 3 aromatic rings. The van der Waals surface area contributed by atoms with Gasteiger partial charge in [-0.25, -0.2) is 15.8 Å². The molecule has 23 heavy (non-hydrogen) atoms. The number of hydrogen-bond acceptors (Lipinski definition) is 7. The zero-order valence-electron chi connectivity index (χ0n) is 12.2. The van der Waals surface area contributed by atoms with Crippen LogP contribution in [0.2, 0.25) is 0 Å². The van der Waals surface area contributed by atoms with Crippen molar-refractivity contribution in [3.05, 3.63) is 63.8 Å². The first-order valence-electron chi connectivity index (χ1n) is 6.73. The molecule has 0 amide bonds. The maximum Gasteiger partial charge on any atom is 0.313 e. The molecule has 0 fully saturated rings. The second kappa shape index (κ2) is 6.11. The standard InChI is InChI=1S/C15H13N5O2S/c1-10-9-23-15(18-10)11-4-2-5-12(8-11)19(16)14-13(20(21)22)6-3-7-17-14/h2-9H,16H2,1H3. The molecule has 0 bridgehead atoms. The van der Waals surface area contributed by atoms with Crippen LogP contribution in [0.4, 0.5) is 17.2 Å². The van der Waals surface area contributed by atoms with E-state index in [1.165, 1.54) is 34.7 Å². The summed E-state index contributed by atoms with van der Waals surface area (Å²) in [6.45, 7) is 1.93. The molecule has 0 saturated heterocycles. The SMILES string of the molecule is Cc1csc(-c2cccc(N(N)c3ncccc3[N+](=O)[O-])c2)n1. The van der Waals surface area contributed by atoms with Crippen molar-refractivity contribution in [2.75, 3.05) is 5.01 Å². The second-order valence-corrected chi connectivity index (χ2v) is 5.68. The van der Waals surface area contributed by atoms with Crippen molar-refractivity contribution in [1.29, 1.82) is 0 Å². The van der Waals surface area contributed by atoms with Gasteiger partial charge in [0.15, 0.2) is 0 Å². The van der Waals surface area contributed by atoms with Gasteiger partial charge in [-0.1, -0.05) is 12.1 Å². The minimum Gasteiger partial charge on any atom is -0.258 e. The van der Waals surface area contributed by atoms with Crippen LogP contribution in [-0.4, -0.2) is 14.9 Å². The number of rotatable bonds is 4. The van der Waals surface area contributed by atoms with Crippen LogP contribution < -0.4 is 10.9 Å². The molecule has 0 spiro atoms. The Morgan fingerprint density at radius 3 is 2.83 bits per heavy atom. The van der Waals surface area contributed by atoms with Crippen molar-refractivity contribution in [3.63, 3.8) is 0 Å². The molecule has 7 nitrogen and oxygen atoms in total. The Balaban J connectivity index is 2.01. The summed E-state index contributed by atoms with van der Waals surface area (Å²) in [4.78, 5) is 19.1. The van der Waals surface area contributed by atoms with Gasteiger partial charge in [0, 0.05) is 28.9 Å². The van der Waals surface area contributed by atoms with Gasteiger partial charge in [0.2, 0.25) is 5.82 Å². The molecule has 0 unspecified atom stereocenters. The number of aryl methyl sites for hydroxylation is 1. The van der Waals surface area contributed by atoms with E-state index in [1.807, 2.05) is 30.5 Å². The van der Waals surface area contributed by atoms with E-state index in [0.717, 1.165) is 16.3 Å². The highest BCUT2D eigenvalue weighted by Gasteiger charge is 2.20. The smallest absolute Gasteiger partial charge is 0.258 e. The van der Waals surface area contributed by atoms with Gasteiger partial charge >= 0.3 is 5.69 Å². The van der Waals surface area contributed by atoms with Crippen LogP contribution in [0.5, 0.6) is 0 Å². The van der Waals surface area contributed by atoms with Gasteiger partial charge in [0.05, 0.1) is 10.6 Å². The van der Waals surface area contributed by atoms with E-state index in [0.29, 0.717) is 5.69 Å². The average molecular weight is 327 g/mol. The summed E-state index contributed by atoms with van der Waals surface area (Å²) in [6.07, 6.45) is 1.47. The van der Waals surface area contributed by atoms with E-state index in [1.54, 1.807) is 6.07 Å². The van der Waals surface area contributed by atoms with Gasteiger partial charge in [0.25, 0.3) is 0 Å². The van der Waals surface area contributed by atoms with Crippen molar-refractivity contribution in [3.8, 4) is 10.6 Å². The fourth-order valence-corrected chi connectivity index (χ4v) is 2.91. The van der Waals surface area contributed by atoms with Crippen LogP contribution in [0.25, 0.3) is 10.6 Å². The maximum atomic E-state index is 11.1. The maximum absolute atomic E-state index is 11.1. The van der Waals surface area contributed by atoms with Crippen molar-refractivity contribution in [1.82, 2.24) is 9.97 Å². The average Bonchev–Trinajstić information content (AvgIpc) is 3.01. The number of hydrazine groups is 1. The molecule has 0 atom stereocenters. The van der Waals surface area contributed by atoms with Gasteiger partial charge in [-0.05, 0) is 25.1 Å². The lowest BCUT2D eigenvalue weighted by molar-refractivity contribution is -0.384. The number of pyridine rings is 1. The largest absolute Gasteiger partial charge is 0.313 e. The van der Waals surface area contributed by atoms with E-state index in [9.17, 15) is 10.1 Å². The van der Waals surface area contributed by atoms with E-state index < -0.39 is 4.92 Å². The van der Waals surface area contributed by atoms with E-state index >= 15 is 0 Å². The first kappa shape index (κ1) is 15.1. The predicted octanol–water partition coefficient (Wildman–Crippen LogP) is 3.43. The van der Waals surface area contributed by atoms with Gasteiger partial charge < -0.3 is 0 Å². The molecule has 2 aromatic heterocycles. The molecular weight excluding hydrogens is 314 g/mol. The molecule has 0 radical (unpaired) electrons. The molecular formula is C15H13N5O2S. The molecule has 0 aliphatic rings. The molecule has 0 saturated carbocycles. The minimum atomic E-state index is -0.504. The Morgan fingerprint density at radius 1 is 1.30 bits per heavy atom. The molecule has 0 aliphatic heterocycles. The van der Waals surface area contributed by atoms with Crippen LogP contribution in [0, 0.1) is 17.0 Å². The normalized spacial score (nSPS) is 10.5. The number of nitrogens with zero attached hydrogens (tertiary/aromatic N) is 4. The van der Waals surface area contributed by atoms with Gasteiger partial charge in [0.1, 0.15) is 5.01 Å². The Bertz CT molecular complexity index is 864. The topological polar surface area (TPSA) is 98.2 Å². The number of anilines is 2. The summed E-state index contributed by atoms with van der Waals surface area (Å²) < 4.78 is 0. The third-order valence-electron chi connectivity index (χ3n) is 3.18. The highest BCUT2D eigenvalue weighted by atomic mass is 32.1. The number of hydrogen-bond donors (Lipinski definition) is 1. The lowest BCUT2D eigenvalue weighted by atomic mass is 10.2. The highest BCUT2D eigenvalue weighted by molar-refractivity contribution is 7.13. The number of benzene rings is 1. The molecule has 0 aliphatic carbocycles. The third-order valence-corrected chi connectivity index (χ3v) is 4.19. The summed E-state index contributed by atoms with van der Waals surface area (Å²) >= 11 is 1.53. The summed E-state index contributed by atoms with van der Waals surface area (Å²) in [5.41, 5.74) is 2.29. The van der Waals surface area contributed by atoms with Crippen LogP contribution >= 0.6 is 11.3 Å². The first-order chi connectivity index (χ1) is 11.1. The zero-order chi connectivity index (χ0) is 16.4. The molecule has 116 valence electrons. The molecule has 1 aromatic carbocycles. The van der Waals surface area contributed by atoms with Crippen LogP contribution in [0.1, 0.15) is 5.69 Å². The molecule has 2 heterocycles. The van der Waals surface area contributed by atoms with Crippen LogP contribution in [0.3, 0.4) is 0 Å². The fraction of sp³-hybridized carbons (Fsp3) is 0.0667. The van der Waals surface area contributed by atoms with Gasteiger partial charge in [-0.3, -0.25) is 15.1 Å². The first-order valence-corrected chi connectivity index (χ1v) is 7.61. The molecule has 8 heteroatoms. The van der Waals surface area contributed by atoms with E-state index in [2.05, 4.69) is 9.97 Å².